The van der Waals surface area contributed by atoms with E-state index in [4.69, 9.17) is 21.4 Å². The van der Waals surface area contributed by atoms with E-state index in [-0.39, 0.29) is 0 Å². The zero-order valence-electron chi connectivity index (χ0n) is 16.3. The van der Waals surface area contributed by atoms with E-state index in [0.717, 1.165) is 40.1 Å². The van der Waals surface area contributed by atoms with Gasteiger partial charge < -0.3 is 10.1 Å². The number of hydrogen-bond donors (Lipinski definition) is 1. The lowest BCUT2D eigenvalue weighted by atomic mass is 10.2. The van der Waals surface area contributed by atoms with E-state index in [2.05, 4.69) is 31.4 Å². The second-order valence-corrected chi connectivity index (χ2v) is 7.42. The van der Waals surface area contributed by atoms with Gasteiger partial charge in [0.25, 0.3) is 5.88 Å². The molecule has 29 heavy (non-hydrogen) atoms. The summed E-state index contributed by atoms with van der Waals surface area (Å²) in [4.78, 5) is 13.5. The summed E-state index contributed by atoms with van der Waals surface area (Å²) in [6.07, 6.45) is 4.27. The molecule has 0 saturated carbocycles. The molecule has 0 spiro atoms. The molecule has 1 aliphatic heterocycles. The normalized spacial score (nSPS) is 13.7. The fourth-order valence-electron chi connectivity index (χ4n) is 3.43. The third-order valence-electron chi connectivity index (χ3n) is 4.94. The lowest BCUT2D eigenvalue weighted by Crippen LogP contribution is -2.07. The number of aromatic nitrogens is 7. The van der Waals surface area contributed by atoms with Crippen molar-refractivity contribution in [2.24, 2.45) is 0 Å². The summed E-state index contributed by atoms with van der Waals surface area (Å²) in [5.74, 6) is 0.938. The predicted molar refractivity (Wildman–Crippen MR) is 109 cm³/mol. The summed E-state index contributed by atoms with van der Waals surface area (Å²) in [5.41, 5.74) is 5.16. The minimum absolute atomic E-state index is 0.400. The molecular weight excluding hydrogens is 392 g/mol. The van der Waals surface area contributed by atoms with E-state index >= 15 is 0 Å². The van der Waals surface area contributed by atoms with E-state index in [1.165, 1.54) is 0 Å². The molecule has 0 fully saturated rings. The molecule has 0 amide bonds. The van der Waals surface area contributed by atoms with Gasteiger partial charge in [-0.05, 0) is 32.4 Å². The summed E-state index contributed by atoms with van der Waals surface area (Å²) in [7, 11) is 0. The fourth-order valence-corrected chi connectivity index (χ4v) is 3.65. The number of aryl methyl sites for hydroxylation is 3. The van der Waals surface area contributed by atoms with E-state index < -0.39 is 0 Å². The van der Waals surface area contributed by atoms with E-state index in [1.54, 1.807) is 10.9 Å². The van der Waals surface area contributed by atoms with Crippen LogP contribution in [0.5, 0.6) is 5.88 Å². The highest BCUT2D eigenvalue weighted by atomic mass is 35.5. The predicted octanol–water partition coefficient (Wildman–Crippen LogP) is 3.51. The topological polar surface area (TPSA) is 95.6 Å². The van der Waals surface area contributed by atoms with Crippen LogP contribution in [0.15, 0.2) is 18.5 Å². The Labute approximate surface area is 171 Å². The first-order valence-electron chi connectivity index (χ1n) is 9.33. The molecule has 0 saturated heterocycles. The first-order chi connectivity index (χ1) is 14.0. The molecule has 9 nitrogen and oxygen atoms in total. The quantitative estimate of drug-likeness (QED) is 0.513. The number of rotatable bonds is 1. The molecule has 5 heterocycles. The van der Waals surface area contributed by atoms with Gasteiger partial charge >= 0.3 is 0 Å². The van der Waals surface area contributed by atoms with Crippen LogP contribution in [0.4, 0.5) is 11.6 Å². The third-order valence-corrected chi connectivity index (χ3v) is 5.22. The summed E-state index contributed by atoms with van der Waals surface area (Å²) < 4.78 is 9.64. The van der Waals surface area contributed by atoms with Gasteiger partial charge in [-0.25, -0.2) is 14.3 Å². The van der Waals surface area contributed by atoms with Gasteiger partial charge in [-0.1, -0.05) is 11.6 Å². The minimum Gasteiger partial charge on any atom is -0.475 e. The van der Waals surface area contributed by atoms with Crippen LogP contribution >= 0.6 is 11.6 Å². The Balaban J connectivity index is 1.65. The van der Waals surface area contributed by atoms with Crippen molar-refractivity contribution in [1.29, 1.82) is 0 Å². The molecule has 0 unspecified atom stereocenters. The largest absolute Gasteiger partial charge is 0.475 e. The van der Waals surface area contributed by atoms with E-state index in [1.807, 2.05) is 31.6 Å². The maximum Gasteiger partial charge on any atom is 0.257 e. The van der Waals surface area contributed by atoms with Gasteiger partial charge in [-0.3, -0.25) is 4.98 Å². The number of nitrogens with one attached hydrogen (secondary N) is 1. The minimum atomic E-state index is 0.400. The summed E-state index contributed by atoms with van der Waals surface area (Å²) >= 11 is 6.22. The van der Waals surface area contributed by atoms with Gasteiger partial charge in [0.2, 0.25) is 5.95 Å². The second-order valence-electron chi connectivity index (χ2n) is 7.07. The highest BCUT2D eigenvalue weighted by molar-refractivity contribution is 6.34. The molecule has 10 heteroatoms. The van der Waals surface area contributed by atoms with Crippen LogP contribution in [-0.4, -0.2) is 41.1 Å². The van der Waals surface area contributed by atoms with Crippen molar-refractivity contribution in [3.63, 3.8) is 0 Å². The van der Waals surface area contributed by atoms with E-state index in [9.17, 15) is 0 Å². The zero-order valence-corrected chi connectivity index (χ0v) is 17.0. The summed E-state index contributed by atoms with van der Waals surface area (Å²) in [5, 5.41) is 13.5. The Morgan fingerprint density at radius 1 is 1.14 bits per heavy atom. The van der Waals surface area contributed by atoms with Crippen LogP contribution in [0.25, 0.3) is 16.7 Å². The average molecular weight is 411 g/mol. The summed E-state index contributed by atoms with van der Waals surface area (Å²) in [6.45, 7) is 7.07. The maximum absolute atomic E-state index is 6.22. The highest BCUT2D eigenvalue weighted by Crippen LogP contribution is 2.33. The van der Waals surface area contributed by atoms with Crippen molar-refractivity contribution in [3.05, 3.63) is 40.6 Å². The Bertz CT molecular complexity index is 1240. The molecule has 0 aliphatic carbocycles. The first kappa shape index (κ1) is 17.9. The highest BCUT2D eigenvalue weighted by Gasteiger charge is 2.21. The van der Waals surface area contributed by atoms with Crippen molar-refractivity contribution >= 4 is 34.3 Å². The van der Waals surface area contributed by atoms with Crippen LogP contribution in [0.2, 0.25) is 5.15 Å². The maximum atomic E-state index is 6.22. The van der Waals surface area contributed by atoms with Crippen molar-refractivity contribution in [1.82, 2.24) is 34.5 Å². The van der Waals surface area contributed by atoms with Crippen LogP contribution in [0, 0.1) is 20.8 Å². The van der Waals surface area contributed by atoms with Crippen molar-refractivity contribution in [2.45, 2.75) is 33.7 Å². The molecule has 148 valence electrons. The van der Waals surface area contributed by atoms with Crippen LogP contribution < -0.4 is 10.1 Å². The SMILES string of the molecule is Cc1cnc(C)c(-n2nc3c(c2C)Nc2ncc4c(Cl)nn(c4n2)CCCO3)c1. The number of pyridine rings is 1. The number of halogens is 1. The van der Waals surface area contributed by atoms with Crippen LogP contribution in [0.1, 0.15) is 23.4 Å². The second kappa shape index (κ2) is 6.70. The molecule has 0 radical (unpaired) electrons. The standard InChI is InChI=1S/C19H19ClN8O/c1-10-7-14(11(2)21-8-10)28-12(3)15-18(26-28)29-6-4-5-27-17-13(16(20)25-27)9-22-19(23-15)24-17/h7-9H,4-6H2,1-3H3,(H,22,23,24). The van der Waals surface area contributed by atoms with Crippen molar-refractivity contribution < 1.29 is 4.74 Å². The zero-order chi connectivity index (χ0) is 20.1. The molecular formula is C19H19ClN8O. The van der Waals surface area contributed by atoms with Gasteiger partial charge in [-0.15, -0.1) is 5.10 Å². The van der Waals surface area contributed by atoms with Crippen LogP contribution in [-0.2, 0) is 6.54 Å². The number of anilines is 2. The molecule has 5 rings (SSSR count). The van der Waals surface area contributed by atoms with Gasteiger partial charge in [0.15, 0.2) is 10.8 Å². The Hall–Kier alpha value is -3.20. The van der Waals surface area contributed by atoms with Gasteiger partial charge in [0.1, 0.15) is 5.69 Å². The van der Waals surface area contributed by atoms with Crippen molar-refractivity contribution in [2.75, 3.05) is 11.9 Å². The average Bonchev–Trinajstić information content (AvgIpc) is 3.17. The monoisotopic (exact) mass is 410 g/mol. The molecule has 1 aliphatic rings. The van der Waals surface area contributed by atoms with E-state index in [0.29, 0.717) is 35.8 Å². The van der Waals surface area contributed by atoms with Crippen molar-refractivity contribution in [3.8, 4) is 11.6 Å². The number of nitrogens with zero attached hydrogens (tertiary/aromatic N) is 7. The smallest absolute Gasteiger partial charge is 0.257 e. The molecule has 0 atom stereocenters. The third kappa shape index (κ3) is 2.98. The summed E-state index contributed by atoms with van der Waals surface area (Å²) in [6, 6.07) is 2.06. The van der Waals surface area contributed by atoms with Crippen LogP contribution in [0.3, 0.4) is 0 Å². The molecule has 4 aromatic rings. The number of ether oxygens (including phenoxy) is 1. The van der Waals surface area contributed by atoms with Gasteiger partial charge in [0, 0.05) is 25.4 Å². The molecule has 2 bridgehead atoms. The molecule has 1 N–H and O–H groups in total. The Kier molecular flexibility index (Phi) is 4.13. The lowest BCUT2D eigenvalue weighted by molar-refractivity contribution is 0.288. The Morgan fingerprint density at radius 3 is 2.86 bits per heavy atom. The van der Waals surface area contributed by atoms with Gasteiger partial charge in [0.05, 0.1) is 29.1 Å². The number of fused-ring (bicyclic) bond motifs is 2. The fraction of sp³-hybridized carbons (Fsp3) is 0.316. The molecule has 4 aromatic heterocycles. The van der Waals surface area contributed by atoms with Gasteiger partial charge in [-0.2, -0.15) is 10.1 Å². The first-order valence-corrected chi connectivity index (χ1v) is 9.71. The Morgan fingerprint density at radius 2 is 2.00 bits per heavy atom. The number of hydrogen-bond acceptors (Lipinski definition) is 7. The lowest BCUT2D eigenvalue weighted by Gasteiger charge is -2.09. The molecule has 0 aromatic carbocycles.